The summed E-state index contributed by atoms with van der Waals surface area (Å²) in [6, 6.07) is 0. The molecule has 0 aromatic heterocycles. The van der Waals surface area contributed by atoms with E-state index in [4.69, 9.17) is 57.1 Å². The smallest absolute Gasteiger partial charge is 0.822 e. The first-order valence-electron chi connectivity index (χ1n) is 8.67. The topological polar surface area (TPSA) is 201 Å². The first-order valence-corrected chi connectivity index (χ1v) is 10.1. The largest absolute Gasteiger partial charge is 1.00 e. The molecule has 0 aromatic carbocycles. The zero-order valence-electron chi connectivity index (χ0n) is 21.7. The minimum absolute atomic E-state index is 0. The van der Waals surface area contributed by atoms with Gasteiger partial charge < -0.3 is 67.4 Å². The van der Waals surface area contributed by atoms with Crippen LogP contribution in [0.15, 0.2) is 103 Å². The molecule has 2 N–H and O–H groups in total. The molecule has 0 heterocycles. The van der Waals surface area contributed by atoms with Gasteiger partial charge in [0.15, 0.2) is 0 Å². The van der Waals surface area contributed by atoms with Crippen LogP contribution in [0.5, 0.6) is 0 Å². The molecule has 0 rings (SSSR count). The Bertz CT molecular complexity index is 633. The Hall–Kier alpha value is -0.650. The summed E-state index contributed by atoms with van der Waals surface area (Å²) in [4.78, 5) is 25.6. The van der Waals surface area contributed by atoms with E-state index in [1.165, 1.54) is 0 Å². The van der Waals surface area contributed by atoms with Crippen LogP contribution in [-0.4, -0.2) is 34.7 Å². The summed E-state index contributed by atoms with van der Waals surface area (Å²) in [5.74, 6) is -4.41. The van der Waals surface area contributed by atoms with Crippen molar-refractivity contribution >= 4 is 7.82 Å². The van der Waals surface area contributed by atoms with Crippen LogP contribution < -0.4 is 103 Å². The van der Waals surface area contributed by atoms with Gasteiger partial charge in [0.25, 0.3) is 0 Å². The Morgan fingerprint density at radius 3 is 0.789 bits per heavy atom. The van der Waals surface area contributed by atoms with Crippen molar-refractivity contribution in [1.29, 1.82) is 0 Å². The summed E-state index contributed by atoms with van der Waals surface area (Å²) in [6.07, 6.45) is 5.48. The summed E-state index contributed by atoms with van der Waals surface area (Å²) in [7, 11) is -5.39. The number of hydrogen-bond acceptors (Lipinski definition) is 14. The third-order valence-electron chi connectivity index (χ3n) is 2.48. The second-order valence-electron chi connectivity index (χ2n) is 4.72. The monoisotopic (exact) mass is 592 g/mol. The maximum Gasteiger partial charge on any atom is 1.00 e. The Balaban J connectivity index is -0.000000107. The molecule has 18 heteroatoms. The van der Waals surface area contributed by atoms with E-state index in [1.807, 2.05) is 0 Å². The Morgan fingerprint density at radius 2 is 0.684 bits per heavy atom. The summed E-state index contributed by atoms with van der Waals surface area (Å²) in [5, 5.41) is 19.6. The van der Waals surface area contributed by atoms with Gasteiger partial charge in [-0.05, 0) is 0 Å². The molecule has 0 saturated heterocycles. The van der Waals surface area contributed by atoms with E-state index in [9.17, 15) is 10.2 Å². The molecule has 0 unspecified atom stereocenters. The second kappa shape index (κ2) is 29.3. The Kier molecular flexibility index (Phi) is 38.8. The van der Waals surface area contributed by atoms with Gasteiger partial charge in [-0.15, -0.1) is 0 Å². The van der Waals surface area contributed by atoms with Crippen molar-refractivity contribution in [2.45, 2.75) is 24.5 Å². The van der Waals surface area contributed by atoms with Crippen molar-refractivity contribution in [3.63, 3.8) is 0 Å². The van der Waals surface area contributed by atoms with Crippen LogP contribution in [0, 0.1) is 0 Å². The van der Waals surface area contributed by atoms with Crippen LogP contribution in [0.1, 0.15) is 0 Å². The third kappa shape index (κ3) is 26.9. The zero-order chi connectivity index (χ0) is 28.0. The summed E-state index contributed by atoms with van der Waals surface area (Å²) in [6.45, 7) is 26.3. The van der Waals surface area contributed by atoms with Gasteiger partial charge in [-0.25, -0.2) is 0 Å². The summed E-state index contributed by atoms with van der Waals surface area (Å²) in [5.41, 5.74) is 0. The van der Waals surface area contributed by atoms with E-state index in [0.717, 1.165) is 50.1 Å². The van der Waals surface area contributed by atoms with Gasteiger partial charge >= 0.3 is 113 Å². The van der Waals surface area contributed by atoms with E-state index in [1.54, 1.807) is 0 Å². The predicted molar refractivity (Wildman–Crippen MR) is 115 cm³/mol. The van der Waals surface area contributed by atoms with Gasteiger partial charge in [-0.3, -0.25) is 0 Å². The van der Waals surface area contributed by atoms with Crippen LogP contribution in [0.25, 0.3) is 0 Å². The number of hydrogen-bond donors (Lipinski definition) is 2. The van der Waals surface area contributed by atoms with Crippen molar-refractivity contribution in [3.8, 4) is 0 Å². The molecular weight excluding hydrogens is 564 g/mol. The molecule has 0 spiro atoms. The SMILES string of the molecule is C=COC(OC=C)C(O)(OC=C)OC=C.C=COC(OC=C)C(O)(OC=C)OC=C.O=P([O-])([O-])[O-].[Na+].[Na+].[Na+]. The quantitative estimate of drug-likeness (QED) is 0.0658. The average molecular weight is 592 g/mol. The molecule has 0 atom stereocenters. The van der Waals surface area contributed by atoms with Gasteiger partial charge in [0.05, 0.1) is 50.1 Å². The molecule has 0 aliphatic heterocycles. The van der Waals surface area contributed by atoms with Crippen LogP contribution in [-0.2, 0) is 42.5 Å². The predicted octanol–water partition coefficient (Wildman–Crippen LogP) is -8.61. The maximum atomic E-state index is 9.80. The molecule has 14 nitrogen and oxygen atoms in total. The van der Waals surface area contributed by atoms with E-state index >= 15 is 0 Å². The van der Waals surface area contributed by atoms with E-state index in [-0.39, 0.29) is 88.7 Å². The summed E-state index contributed by atoms with van der Waals surface area (Å²) >= 11 is 0. The zero-order valence-corrected chi connectivity index (χ0v) is 28.6. The Labute approximate surface area is 288 Å². The fraction of sp³-hybridized carbons (Fsp3) is 0.200. The van der Waals surface area contributed by atoms with Crippen molar-refractivity contribution in [2.24, 2.45) is 0 Å². The fourth-order valence-corrected chi connectivity index (χ4v) is 1.51. The molecule has 0 radical (unpaired) electrons. The molecule has 0 amide bonds. The minimum Gasteiger partial charge on any atom is -0.822 e. The first kappa shape index (κ1) is 50.2. The van der Waals surface area contributed by atoms with Gasteiger partial charge in [0.1, 0.15) is 0 Å². The molecule has 200 valence electrons. The molecular formula is C20H28Na3O14P. The number of rotatable bonds is 18. The second-order valence-corrected chi connectivity index (χ2v) is 5.62. The molecule has 0 aromatic rings. The van der Waals surface area contributed by atoms with Crippen LogP contribution in [0.3, 0.4) is 0 Å². The van der Waals surface area contributed by atoms with E-state index < -0.39 is 32.3 Å². The first-order chi connectivity index (χ1) is 16.3. The molecule has 0 aliphatic rings. The summed E-state index contributed by atoms with van der Waals surface area (Å²) < 4.78 is 46.7. The minimum atomic E-state index is -5.39. The van der Waals surface area contributed by atoms with Gasteiger partial charge in [0.2, 0.25) is 0 Å². The van der Waals surface area contributed by atoms with Crippen molar-refractivity contribution in [1.82, 2.24) is 0 Å². The number of phosphoric acid groups is 1. The van der Waals surface area contributed by atoms with Crippen molar-refractivity contribution in [2.75, 3.05) is 0 Å². The van der Waals surface area contributed by atoms with Crippen LogP contribution >= 0.6 is 7.82 Å². The normalized spacial score (nSPS) is 9.45. The maximum absolute atomic E-state index is 9.80. The van der Waals surface area contributed by atoms with Crippen LogP contribution in [0.4, 0.5) is 0 Å². The van der Waals surface area contributed by atoms with Gasteiger partial charge in [0, 0.05) is 0 Å². The van der Waals surface area contributed by atoms with Crippen molar-refractivity contribution in [3.05, 3.63) is 103 Å². The molecule has 0 saturated carbocycles. The van der Waals surface area contributed by atoms with Crippen LogP contribution in [0.2, 0.25) is 0 Å². The third-order valence-corrected chi connectivity index (χ3v) is 2.48. The number of aliphatic hydroxyl groups is 2. The van der Waals surface area contributed by atoms with Gasteiger partial charge in [-0.2, -0.15) is 7.82 Å². The average Bonchev–Trinajstić information content (AvgIpc) is 2.73. The van der Waals surface area contributed by atoms with E-state index in [0.29, 0.717) is 0 Å². The van der Waals surface area contributed by atoms with Gasteiger partial charge in [-0.1, -0.05) is 52.6 Å². The molecule has 38 heavy (non-hydrogen) atoms. The molecule has 0 bridgehead atoms. The van der Waals surface area contributed by atoms with E-state index in [2.05, 4.69) is 52.6 Å². The fourth-order valence-electron chi connectivity index (χ4n) is 1.51. The Morgan fingerprint density at radius 1 is 0.526 bits per heavy atom. The molecule has 0 aliphatic carbocycles. The molecule has 0 fully saturated rings. The standard InChI is InChI=1S/2C10H14O5.3Na.H3O4P/c2*1-5-12-9(13-6-2)10(11,14-7-3)15-8-4;;;;1-5(2,3)4/h2*5-9,11H,1-4H2;;;;(H3,1,2,3,4)/q;;3*+1;/p-3. The van der Waals surface area contributed by atoms with Crippen molar-refractivity contribution < 1.29 is 156 Å². The number of ether oxygens (including phenoxy) is 8.